The molecule has 0 radical (unpaired) electrons. The number of carbonyl (C=O) groups is 1. The van der Waals surface area contributed by atoms with Crippen molar-refractivity contribution in [1.82, 2.24) is 19.8 Å². The number of halogens is 1. The lowest BCUT2D eigenvalue weighted by atomic mass is 10.2. The Morgan fingerprint density at radius 1 is 1.12 bits per heavy atom. The molecule has 1 amide bonds. The monoisotopic (exact) mass is 343 g/mol. The summed E-state index contributed by atoms with van der Waals surface area (Å²) < 4.78 is 2.04. The van der Waals surface area contributed by atoms with Crippen molar-refractivity contribution in [1.29, 1.82) is 0 Å². The second-order valence-electron chi connectivity index (χ2n) is 5.15. The highest BCUT2D eigenvalue weighted by Gasteiger charge is 2.14. The number of carbonyl (C=O) groups excluding carboxylic acids is 1. The van der Waals surface area contributed by atoms with E-state index in [1.165, 1.54) is 0 Å². The van der Waals surface area contributed by atoms with Crippen LogP contribution in [0.1, 0.15) is 5.56 Å². The van der Waals surface area contributed by atoms with Gasteiger partial charge >= 0.3 is 5.69 Å². The van der Waals surface area contributed by atoms with E-state index in [0.717, 1.165) is 14.9 Å². The van der Waals surface area contributed by atoms with Crippen LogP contribution in [0.25, 0.3) is 5.69 Å². The first-order valence-corrected chi connectivity index (χ1v) is 7.57. The van der Waals surface area contributed by atoms with Crippen LogP contribution in [-0.4, -0.2) is 25.7 Å². The van der Waals surface area contributed by atoms with E-state index < -0.39 is 5.69 Å². The van der Waals surface area contributed by atoms with Gasteiger partial charge in [0.1, 0.15) is 6.54 Å². The summed E-state index contributed by atoms with van der Waals surface area (Å²) in [6.07, 6.45) is 0. The molecule has 0 spiro atoms. The molecule has 24 heavy (non-hydrogen) atoms. The number of rotatable bonds is 4. The summed E-state index contributed by atoms with van der Waals surface area (Å²) >= 11 is 6.05. The fourth-order valence-electron chi connectivity index (χ4n) is 2.19. The Morgan fingerprint density at radius 2 is 1.83 bits per heavy atom. The van der Waals surface area contributed by atoms with Gasteiger partial charge in [0.05, 0.1) is 10.7 Å². The number of nitrogens with one attached hydrogen (secondary N) is 1. The van der Waals surface area contributed by atoms with Crippen molar-refractivity contribution >= 4 is 23.2 Å². The minimum Gasteiger partial charge on any atom is -0.324 e. The first-order valence-electron chi connectivity index (χ1n) is 7.19. The highest BCUT2D eigenvalue weighted by atomic mass is 35.5. The van der Waals surface area contributed by atoms with Gasteiger partial charge in [-0.1, -0.05) is 41.9 Å². The molecule has 0 saturated carbocycles. The van der Waals surface area contributed by atoms with Gasteiger partial charge < -0.3 is 5.32 Å². The van der Waals surface area contributed by atoms with Gasteiger partial charge in [-0.2, -0.15) is 9.36 Å². The van der Waals surface area contributed by atoms with Gasteiger partial charge in [0.25, 0.3) is 0 Å². The summed E-state index contributed by atoms with van der Waals surface area (Å²) in [5.41, 5.74) is 1.49. The normalized spacial score (nSPS) is 10.6. The molecule has 7 nitrogen and oxygen atoms in total. The van der Waals surface area contributed by atoms with Gasteiger partial charge in [0.15, 0.2) is 0 Å². The molecule has 0 atom stereocenters. The molecule has 0 aliphatic heterocycles. The molecule has 1 aromatic heterocycles. The van der Waals surface area contributed by atoms with Gasteiger partial charge in [-0.05, 0) is 41.1 Å². The van der Waals surface area contributed by atoms with Gasteiger partial charge in [0, 0.05) is 5.69 Å². The number of hydrogen-bond acceptors (Lipinski definition) is 4. The molecule has 0 fully saturated rings. The third-order valence-electron chi connectivity index (χ3n) is 3.43. The summed E-state index contributed by atoms with van der Waals surface area (Å²) in [6.45, 7) is 1.65. The van der Waals surface area contributed by atoms with E-state index in [1.807, 2.05) is 25.1 Å². The maximum absolute atomic E-state index is 12.3. The van der Waals surface area contributed by atoms with Crippen LogP contribution >= 0.6 is 11.6 Å². The van der Waals surface area contributed by atoms with Crippen LogP contribution in [0.15, 0.2) is 53.3 Å². The van der Waals surface area contributed by atoms with Crippen molar-refractivity contribution in [3.63, 3.8) is 0 Å². The molecule has 0 aliphatic rings. The van der Waals surface area contributed by atoms with E-state index in [9.17, 15) is 9.59 Å². The number of aromatic nitrogens is 4. The highest BCUT2D eigenvalue weighted by molar-refractivity contribution is 6.32. The molecule has 3 rings (SSSR count). The van der Waals surface area contributed by atoms with Gasteiger partial charge in [-0.15, -0.1) is 0 Å². The van der Waals surface area contributed by atoms with Crippen molar-refractivity contribution in [2.45, 2.75) is 13.5 Å². The summed E-state index contributed by atoms with van der Waals surface area (Å²) in [6, 6.07) is 14.1. The van der Waals surface area contributed by atoms with Crippen LogP contribution in [0.5, 0.6) is 0 Å². The third-order valence-corrected chi connectivity index (χ3v) is 3.75. The second-order valence-corrected chi connectivity index (χ2v) is 5.55. The molecule has 0 bridgehead atoms. The Balaban J connectivity index is 1.80. The smallest absolute Gasteiger partial charge is 0.324 e. The first-order chi connectivity index (χ1) is 11.6. The molecule has 8 heteroatoms. The predicted molar refractivity (Wildman–Crippen MR) is 90.4 cm³/mol. The molecule has 1 N–H and O–H groups in total. The van der Waals surface area contributed by atoms with Crippen molar-refractivity contribution in [2.75, 3.05) is 5.32 Å². The summed E-state index contributed by atoms with van der Waals surface area (Å²) in [5.74, 6) is -0.363. The van der Waals surface area contributed by atoms with Crippen molar-refractivity contribution < 1.29 is 4.79 Å². The Kier molecular flexibility index (Phi) is 4.43. The topological polar surface area (TPSA) is 81.8 Å². The lowest BCUT2D eigenvalue weighted by molar-refractivity contribution is -0.117. The molecule has 0 unspecified atom stereocenters. The van der Waals surface area contributed by atoms with E-state index in [0.29, 0.717) is 16.4 Å². The highest BCUT2D eigenvalue weighted by Crippen LogP contribution is 2.17. The number of benzene rings is 2. The summed E-state index contributed by atoms with van der Waals surface area (Å²) in [5, 5.41) is 10.6. The van der Waals surface area contributed by atoms with E-state index in [2.05, 4.69) is 15.7 Å². The lowest BCUT2D eigenvalue weighted by Crippen LogP contribution is -2.30. The fourth-order valence-corrected chi connectivity index (χ4v) is 2.40. The van der Waals surface area contributed by atoms with Crippen LogP contribution in [0.4, 0.5) is 5.69 Å². The molecular formula is C16H14ClN5O2. The second kappa shape index (κ2) is 6.67. The van der Waals surface area contributed by atoms with Crippen molar-refractivity contribution in [3.8, 4) is 5.69 Å². The molecule has 1 heterocycles. The number of nitrogens with zero attached hydrogens (tertiary/aromatic N) is 4. The minimum atomic E-state index is -0.539. The third kappa shape index (κ3) is 3.21. The number of tetrazole rings is 1. The molecule has 122 valence electrons. The maximum Gasteiger partial charge on any atom is 0.369 e. The van der Waals surface area contributed by atoms with Crippen LogP contribution in [0, 0.1) is 6.92 Å². The molecule has 3 aromatic rings. The zero-order chi connectivity index (χ0) is 17.1. The number of aryl methyl sites for hydroxylation is 1. The van der Waals surface area contributed by atoms with E-state index in [1.54, 1.807) is 30.3 Å². The number of anilines is 1. The average molecular weight is 344 g/mol. The Morgan fingerprint density at radius 3 is 2.58 bits per heavy atom. The van der Waals surface area contributed by atoms with Crippen LogP contribution in [0.2, 0.25) is 5.02 Å². The van der Waals surface area contributed by atoms with Gasteiger partial charge in [0.2, 0.25) is 5.91 Å². The minimum absolute atomic E-state index is 0.238. The van der Waals surface area contributed by atoms with Crippen LogP contribution < -0.4 is 11.0 Å². The molecule has 0 saturated heterocycles. The van der Waals surface area contributed by atoms with Crippen molar-refractivity contribution in [3.05, 3.63) is 69.6 Å². The molecule has 2 aromatic carbocycles. The van der Waals surface area contributed by atoms with Gasteiger partial charge in [-0.3, -0.25) is 4.79 Å². The number of hydrogen-bond donors (Lipinski definition) is 1. The van der Waals surface area contributed by atoms with E-state index >= 15 is 0 Å². The van der Waals surface area contributed by atoms with Gasteiger partial charge in [-0.25, -0.2) is 4.79 Å². The maximum atomic E-state index is 12.3. The number of amides is 1. The summed E-state index contributed by atoms with van der Waals surface area (Å²) in [7, 11) is 0. The largest absolute Gasteiger partial charge is 0.369 e. The standard InChI is InChI=1S/C16H14ClN5O2/c1-11-6-2-4-8-13(11)18-15(23)10-21-16(24)22(20-19-21)14-9-5-3-7-12(14)17/h2-9H,10H2,1H3,(H,18,23). The SMILES string of the molecule is Cc1ccccc1NC(=O)Cn1nnn(-c2ccccc2Cl)c1=O. The average Bonchev–Trinajstić information content (AvgIpc) is 2.91. The Hall–Kier alpha value is -2.93. The Labute approximate surface area is 142 Å². The zero-order valence-corrected chi connectivity index (χ0v) is 13.6. The number of para-hydroxylation sites is 2. The lowest BCUT2D eigenvalue weighted by Gasteiger charge is -2.07. The van der Waals surface area contributed by atoms with E-state index in [-0.39, 0.29) is 12.5 Å². The van der Waals surface area contributed by atoms with Crippen LogP contribution in [0.3, 0.4) is 0 Å². The Bertz CT molecular complexity index is 947. The molecule has 0 aliphatic carbocycles. The quantitative estimate of drug-likeness (QED) is 0.785. The van der Waals surface area contributed by atoms with Crippen molar-refractivity contribution in [2.24, 2.45) is 0 Å². The molecular weight excluding hydrogens is 330 g/mol. The van der Waals surface area contributed by atoms with Crippen LogP contribution in [-0.2, 0) is 11.3 Å². The predicted octanol–water partition coefficient (Wildman–Crippen LogP) is 2.03. The fraction of sp³-hybridized carbons (Fsp3) is 0.125. The first kappa shape index (κ1) is 15.9. The summed E-state index contributed by atoms with van der Waals surface area (Å²) in [4.78, 5) is 24.5. The van der Waals surface area contributed by atoms with E-state index in [4.69, 9.17) is 11.6 Å². The zero-order valence-electron chi connectivity index (χ0n) is 12.8.